The minimum Gasteiger partial charge on any atom is -0.308 e. The highest BCUT2D eigenvalue weighted by Crippen LogP contribution is 2.27. The second kappa shape index (κ2) is 6.97. The van der Waals surface area contributed by atoms with E-state index in [0.29, 0.717) is 16.8 Å². The van der Waals surface area contributed by atoms with E-state index in [2.05, 4.69) is 48.5 Å². The van der Waals surface area contributed by atoms with Gasteiger partial charge in [-0.2, -0.15) is 0 Å². The van der Waals surface area contributed by atoms with Gasteiger partial charge in [-0.25, -0.2) is 10.8 Å². The molecule has 0 aliphatic heterocycles. The maximum Gasteiger partial charge on any atom is 0.140 e. The van der Waals surface area contributed by atoms with Crippen molar-refractivity contribution in [2.24, 2.45) is 5.84 Å². The first-order valence-electron chi connectivity index (χ1n) is 6.45. The average molecular weight is 308 g/mol. The van der Waals surface area contributed by atoms with Gasteiger partial charge in [0.1, 0.15) is 5.82 Å². The highest BCUT2D eigenvalue weighted by atomic mass is 35.5. The van der Waals surface area contributed by atoms with Gasteiger partial charge in [0.2, 0.25) is 0 Å². The molecule has 1 heterocycles. The van der Waals surface area contributed by atoms with Crippen LogP contribution in [0.5, 0.6) is 0 Å². The number of nitrogen functional groups attached to an aromatic ring is 1. The number of hydrogen-bond donors (Lipinski definition) is 2. The summed E-state index contributed by atoms with van der Waals surface area (Å²) in [5, 5.41) is 0.662. The minimum absolute atomic E-state index is 0.553. The molecule has 0 fully saturated rings. The fourth-order valence-corrected chi connectivity index (χ4v) is 2.87. The topological polar surface area (TPSA) is 50.9 Å². The minimum atomic E-state index is 0.553. The summed E-state index contributed by atoms with van der Waals surface area (Å²) in [6.07, 6.45) is 0. The summed E-state index contributed by atoms with van der Waals surface area (Å²) in [7, 11) is 0. The number of nitrogens with two attached hydrogens (primary N) is 1. The van der Waals surface area contributed by atoms with Gasteiger partial charge in [-0.05, 0) is 35.7 Å². The van der Waals surface area contributed by atoms with E-state index in [1.54, 1.807) is 17.8 Å². The SMILES string of the molecule is CC(C)c1ccc(SCc2nc(NN)ccc2Cl)cc1. The molecule has 0 amide bonds. The number of nitrogens with one attached hydrogen (secondary N) is 1. The van der Waals surface area contributed by atoms with Crippen LogP contribution in [0.4, 0.5) is 5.82 Å². The van der Waals surface area contributed by atoms with Crippen LogP contribution in [0.25, 0.3) is 0 Å². The smallest absolute Gasteiger partial charge is 0.140 e. The van der Waals surface area contributed by atoms with Gasteiger partial charge in [-0.1, -0.05) is 37.6 Å². The van der Waals surface area contributed by atoms with E-state index < -0.39 is 0 Å². The predicted octanol–water partition coefficient (Wildman–Crippen LogP) is 4.44. The molecular weight excluding hydrogens is 290 g/mol. The fraction of sp³-hybridized carbons (Fsp3) is 0.267. The molecule has 0 unspecified atom stereocenters. The van der Waals surface area contributed by atoms with Crippen molar-refractivity contribution in [2.45, 2.75) is 30.4 Å². The molecule has 0 saturated carbocycles. The van der Waals surface area contributed by atoms with E-state index in [-0.39, 0.29) is 0 Å². The van der Waals surface area contributed by atoms with E-state index in [4.69, 9.17) is 17.4 Å². The molecule has 3 nitrogen and oxygen atoms in total. The molecule has 2 aromatic rings. The van der Waals surface area contributed by atoms with Crippen LogP contribution >= 0.6 is 23.4 Å². The third-order valence-corrected chi connectivity index (χ3v) is 4.36. The molecule has 0 atom stereocenters. The zero-order valence-corrected chi connectivity index (χ0v) is 13.1. The number of hydrazine groups is 1. The molecule has 2 rings (SSSR count). The predicted molar refractivity (Wildman–Crippen MR) is 87.1 cm³/mol. The van der Waals surface area contributed by atoms with Crippen LogP contribution in [0, 0.1) is 0 Å². The Kier molecular flexibility index (Phi) is 5.29. The lowest BCUT2D eigenvalue weighted by molar-refractivity contribution is 0.865. The normalized spacial score (nSPS) is 10.8. The van der Waals surface area contributed by atoms with Gasteiger partial charge >= 0.3 is 0 Å². The van der Waals surface area contributed by atoms with Crippen LogP contribution in [0.3, 0.4) is 0 Å². The summed E-state index contributed by atoms with van der Waals surface area (Å²) in [5.74, 6) is 7.25. The number of thioether (sulfide) groups is 1. The lowest BCUT2D eigenvalue weighted by Crippen LogP contribution is -2.09. The molecule has 0 aliphatic rings. The Morgan fingerprint density at radius 2 is 1.90 bits per heavy atom. The zero-order chi connectivity index (χ0) is 14.5. The number of hydrogen-bond acceptors (Lipinski definition) is 4. The van der Waals surface area contributed by atoms with Crippen LogP contribution in [-0.2, 0) is 5.75 Å². The summed E-state index contributed by atoms with van der Waals surface area (Å²) in [5.41, 5.74) is 4.71. The van der Waals surface area contributed by atoms with Gasteiger partial charge in [0.05, 0.1) is 10.7 Å². The Morgan fingerprint density at radius 1 is 1.20 bits per heavy atom. The summed E-state index contributed by atoms with van der Waals surface area (Å²) in [4.78, 5) is 5.57. The number of benzene rings is 1. The number of rotatable bonds is 5. The first kappa shape index (κ1) is 15.2. The molecule has 1 aromatic carbocycles. The van der Waals surface area contributed by atoms with Crippen molar-refractivity contribution < 1.29 is 0 Å². The van der Waals surface area contributed by atoms with Crippen LogP contribution in [0.15, 0.2) is 41.3 Å². The Morgan fingerprint density at radius 3 is 2.50 bits per heavy atom. The molecular formula is C15H18ClN3S. The molecule has 0 spiro atoms. The summed E-state index contributed by atoms with van der Waals surface area (Å²) in [6.45, 7) is 4.38. The van der Waals surface area contributed by atoms with Crippen molar-refractivity contribution in [3.63, 3.8) is 0 Å². The molecule has 0 bridgehead atoms. The lowest BCUT2D eigenvalue weighted by atomic mass is 10.0. The van der Waals surface area contributed by atoms with Crippen molar-refractivity contribution in [3.8, 4) is 0 Å². The van der Waals surface area contributed by atoms with Gasteiger partial charge in [0, 0.05) is 10.6 Å². The first-order valence-corrected chi connectivity index (χ1v) is 7.81. The van der Waals surface area contributed by atoms with Crippen molar-refractivity contribution in [3.05, 3.63) is 52.7 Å². The van der Waals surface area contributed by atoms with Crippen LogP contribution < -0.4 is 11.3 Å². The van der Waals surface area contributed by atoms with Gasteiger partial charge in [-0.3, -0.25) is 0 Å². The van der Waals surface area contributed by atoms with Crippen LogP contribution in [-0.4, -0.2) is 4.98 Å². The third kappa shape index (κ3) is 3.88. The summed E-state index contributed by atoms with van der Waals surface area (Å²) < 4.78 is 0. The van der Waals surface area contributed by atoms with E-state index in [0.717, 1.165) is 11.4 Å². The number of pyridine rings is 1. The number of halogens is 1. The highest BCUT2D eigenvalue weighted by Gasteiger charge is 2.05. The van der Waals surface area contributed by atoms with E-state index in [1.807, 2.05) is 6.07 Å². The van der Waals surface area contributed by atoms with Crippen molar-refractivity contribution in [1.82, 2.24) is 4.98 Å². The Bertz CT molecular complexity index is 570. The lowest BCUT2D eigenvalue weighted by Gasteiger charge is -2.08. The Labute approximate surface area is 128 Å². The van der Waals surface area contributed by atoms with E-state index in [9.17, 15) is 0 Å². The quantitative estimate of drug-likeness (QED) is 0.487. The average Bonchev–Trinajstić information content (AvgIpc) is 2.47. The first-order chi connectivity index (χ1) is 9.60. The largest absolute Gasteiger partial charge is 0.308 e. The second-order valence-electron chi connectivity index (χ2n) is 4.78. The fourth-order valence-electron chi connectivity index (χ4n) is 1.77. The molecule has 5 heteroatoms. The highest BCUT2D eigenvalue weighted by molar-refractivity contribution is 7.98. The molecule has 0 radical (unpaired) electrons. The number of nitrogens with zero attached hydrogens (tertiary/aromatic N) is 1. The Hall–Kier alpha value is -1.23. The van der Waals surface area contributed by atoms with Crippen molar-refractivity contribution in [1.29, 1.82) is 0 Å². The second-order valence-corrected chi connectivity index (χ2v) is 6.24. The number of aromatic nitrogens is 1. The molecule has 20 heavy (non-hydrogen) atoms. The molecule has 0 saturated heterocycles. The standard InChI is InChI=1S/C15H18ClN3S/c1-10(2)11-3-5-12(6-4-11)20-9-14-13(16)7-8-15(18-14)19-17/h3-8,10H,9,17H2,1-2H3,(H,18,19). The van der Waals surface area contributed by atoms with E-state index in [1.165, 1.54) is 10.5 Å². The Balaban J connectivity index is 2.04. The van der Waals surface area contributed by atoms with Gasteiger partial charge in [-0.15, -0.1) is 11.8 Å². The van der Waals surface area contributed by atoms with Crippen LogP contribution in [0.2, 0.25) is 5.02 Å². The molecule has 106 valence electrons. The monoisotopic (exact) mass is 307 g/mol. The van der Waals surface area contributed by atoms with Gasteiger partial charge in [0.25, 0.3) is 0 Å². The molecule has 1 aromatic heterocycles. The van der Waals surface area contributed by atoms with Crippen molar-refractivity contribution in [2.75, 3.05) is 5.43 Å². The molecule has 3 N–H and O–H groups in total. The maximum atomic E-state index is 6.14. The zero-order valence-electron chi connectivity index (χ0n) is 11.6. The maximum absolute atomic E-state index is 6.14. The van der Waals surface area contributed by atoms with Gasteiger partial charge in [0.15, 0.2) is 0 Å². The van der Waals surface area contributed by atoms with Gasteiger partial charge < -0.3 is 5.43 Å². The van der Waals surface area contributed by atoms with Crippen LogP contribution in [0.1, 0.15) is 31.0 Å². The van der Waals surface area contributed by atoms with Crippen molar-refractivity contribution >= 4 is 29.2 Å². The third-order valence-electron chi connectivity index (χ3n) is 2.99. The summed E-state index contributed by atoms with van der Waals surface area (Å²) in [6, 6.07) is 12.2. The summed E-state index contributed by atoms with van der Waals surface area (Å²) >= 11 is 7.85. The number of anilines is 1. The molecule has 0 aliphatic carbocycles. The van der Waals surface area contributed by atoms with E-state index >= 15 is 0 Å².